The molecule has 112 valence electrons. The Kier molecular flexibility index (Phi) is 4.97. The summed E-state index contributed by atoms with van der Waals surface area (Å²) in [4.78, 5) is 14.6. The molecule has 1 fully saturated rings. The first-order valence-corrected chi connectivity index (χ1v) is 8.04. The first kappa shape index (κ1) is 15.9. The largest absolute Gasteiger partial charge is 0.384 e. The summed E-state index contributed by atoms with van der Waals surface area (Å²) < 4.78 is 0.108. The van der Waals surface area contributed by atoms with Crippen molar-refractivity contribution in [2.75, 3.05) is 25.4 Å². The second kappa shape index (κ2) is 6.55. The Bertz CT molecular complexity index is 599. The number of rotatable bonds is 1. The number of aryl methyl sites for hydroxylation is 1. The van der Waals surface area contributed by atoms with Gasteiger partial charge in [0, 0.05) is 34.7 Å². The van der Waals surface area contributed by atoms with Crippen molar-refractivity contribution in [2.45, 2.75) is 25.5 Å². The molecule has 1 amide bonds. The van der Waals surface area contributed by atoms with E-state index >= 15 is 0 Å². The van der Waals surface area contributed by atoms with E-state index in [1.807, 2.05) is 41.8 Å². The molecule has 0 unspecified atom stereocenters. The fraction of sp³-hybridized carbons (Fsp3) is 0.471. The van der Waals surface area contributed by atoms with Crippen molar-refractivity contribution in [3.05, 3.63) is 34.9 Å². The average Bonchev–Trinajstić information content (AvgIpc) is 2.42. The van der Waals surface area contributed by atoms with Crippen molar-refractivity contribution in [1.82, 2.24) is 4.90 Å². The lowest BCUT2D eigenvalue weighted by Crippen LogP contribution is -2.46. The third-order valence-corrected chi connectivity index (χ3v) is 4.65. The maximum atomic E-state index is 12.7. The van der Waals surface area contributed by atoms with Crippen LogP contribution in [0.1, 0.15) is 35.3 Å². The van der Waals surface area contributed by atoms with Crippen LogP contribution in [-0.2, 0) is 0 Å². The number of thioether (sulfide) groups is 1. The second-order valence-electron chi connectivity index (χ2n) is 5.88. The zero-order chi connectivity index (χ0) is 15.5. The molecule has 1 heterocycles. The molecule has 2 rings (SSSR count). The Hall–Kier alpha value is -1.44. The van der Waals surface area contributed by atoms with E-state index in [-0.39, 0.29) is 17.3 Å². The first-order valence-electron chi connectivity index (χ1n) is 7.06. The Morgan fingerprint density at radius 3 is 2.86 bits per heavy atom. The van der Waals surface area contributed by atoms with Gasteiger partial charge in [-0.15, -0.1) is 0 Å². The topological polar surface area (TPSA) is 40.5 Å². The number of carbonyl (C=O) groups is 1. The number of hydrogen-bond donors (Lipinski definition) is 1. The van der Waals surface area contributed by atoms with Gasteiger partial charge in [0.2, 0.25) is 0 Å². The van der Waals surface area contributed by atoms with Crippen molar-refractivity contribution in [3.63, 3.8) is 0 Å². The third kappa shape index (κ3) is 4.26. The second-order valence-corrected chi connectivity index (χ2v) is 7.68. The van der Waals surface area contributed by atoms with Gasteiger partial charge in [-0.2, -0.15) is 11.8 Å². The monoisotopic (exact) mass is 303 g/mol. The van der Waals surface area contributed by atoms with Crippen LogP contribution < -0.4 is 0 Å². The van der Waals surface area contributed by atoms with Crippen LogP contribution in [0.4, 0.5) is 0 Å². The summed E-state index contributed by atoms with van der Waals surface area (Å²) in [5.74, 6) is 6.55. The Balaban J connectivity index is 2.24. The minimum Gasteiger partial charge on any atom is -0.384 e. The van der Waals surface area contributed by atoms with Crippen LogP contribution in [0, 0.1) is 18.8 Å². The van der Waals surface area contributed by atoms with E-state index in [1.54, 1.807) is 0 Å². The van der Waals surface area contributed by atoms with Crippen LogP contribution in [0.2, 0.25) is 0 Å². The number of hydrogen-bond acceptors (Lipinski definition) is 3. The summed E-state index contributed by atoms with van der Waals surface area (Å²) in [7, 11) is 0. The highest BCUT2D eigenvalue weighted by molar-refractivity contribution is 8.00. The highest BCUT2D eigenvalue weighted by atomic mass is 32.2. The van der Waals surface area contributed by atoms with Gasteiger partial charge in [-0.3, -0.25) is 4.79 Å². The van der Waals surface area contributed by atoms with Gasteiger partial charge in [0.1, 0.15) is 6.61 Å². The fourth-order valence-electron chi connectivity index (χ4n) is 2.49. The highest BCUT2D eigenvalue weighted by Gasteiger charge is 2.30. The number of carbonyl (C=O) groups excluding carboxylic acids is 1. The van der Waals surface area contributed by atoms with Crippen LogP contribution in [-0.4, -0.2) is 46.1 Å². The molecule has 0 atom stereocenters. The summed E-state index contributed by atoms with van der Waals surface area (Å²) in [5.41, 5.74) is 2.46. The molecule has 0 aromatic heterocycles. The lowest BCUT2D eigenvalue weighted by atomic mass is 10.0. The van der Waals surface area contributed by atoms with Crippen molar-refractivity contribution < 1.29 is 9.90 Å². The van der Waals surface area contributed by atoms with Crippen LogP contribution in [0.3, 0.4) is 0 Å². The van der Waals surface area contributed by atoms with Crippen LogP contribution in [0.5, 0.6) is 0 Å². The van der Waals surface area contributed by atoms with Gasteiger partial charge in [0.25, 0.3) is 5.91 Å². The van der Waals surface area contributed by atoms with E-state index in [9.17, 15) is 4.79 Å². The molecule has 1 N–H and O–H groups in total. The van der Waals surface area contributed by atoms with Gasteiger partial charge in [-0.05, 0) is 44.5 Å². The molecule has 1 aromatic rings. The van der Waals surface area contributed by atoms with Gasteiger partial charge in [-0.1, -0.05) is 11.8 Å². The highest BCUT2D eigenvalue weighted by Crippen LogP contribution is 2.30. The predicted octanol–water partition coefficient (Wildman–Crippen LogP) is 2.31. The molecule has 1 aromatic carbocycles. The molecule has 0 bridgehead atoms. The van der Waals surface area contributed by atoms with Gasteiger partial charge >= 0.3 is 0 Å². The SMILES string of the molecule is Cc1cc(C#CCO)cc(C(=O)N2CCSC(C)(C)C2)c1. The summed E-state index contributed by atoms with van der Waals surface area (Å²) in [5, 5.41) is 8.79. The van der Waals surface area contributed by atoms with Gasteiger partial charge in [0.15, 0.2) is 0 Å². The molecular formula is C17H21NO2S. The van der Waals surface area contributed by atoms with E-state index in [2.05, 4.69) is 25.7 Å². The van der Waals surface area contributed by atoms with Crippen molar-refractivity contribution >= 4 is 17.7 Å². The van der Waals surface area contributed by atoms with E-state index in [4.69, 9.17) is 5.11 Å². The molecule has 1 aliphatic heterocycles. The number of benzene rings is 1. The minimum atomic E-state index is -0.172. The van der Waals surface area contributed by atoms with Gasteiger partial charge in [0.05, 0.1) is 0 Å². The predicted molar refractivity (Wildman–Crippen MR) is 87.6 cm³/mol. The molecule has 0 saturated carbocycles. The normalized spacial score (nSPS) is 17.0. The molecule has 1 saturated heterocycles. The van der Waals surface area contributed by atoms with Crippen LogP contribution in [0.25, 0.3) is 0 Å². The lowest BCUT2D eigenvalue weighted by Gasteiger charge is -2.37. The van der Waals surface area contributed by atoms with Crippen LogP contribution in [0.15, 0.2) is 18.2 Å². The summed E-state index contributed by atoms with van der Waals surface area (Å²) in [6.45, 7) is 7.68. The van der Waals surface area contributed by atoms with Crippen LogP contribution >= 0.6 is 11.8 Å². The Labute approximate surface area is 130 Å². The smallest absolute Gasteiger partial charge is 0.253 e. The number of aliphatic hydroxyl groups is 1. The summed E-state index contributed by atoms with van der Waals surface area (Å²) in [6, 6.07) is 5.64. The zero-order valence-electron chi connectivity index (χ0n) is 12.8. The quantitative estimate of drug-likeness (QED) is 0.809. The third-order valence-electron chi connectivity index (χ3n) is 3.35. The van der Waals surface area contributed by atoms with Crippen molar-refractivity contribution in [3.8, 4) is 11.8 Å². The molecule has 4 heteroatoms. The maximum Gasteiger partial charge on any atom is 0.253 e. The van der Waals surface area contributed by atoms with Gasteiger partial charge < -0.3 is 10.0 Å². The molecule has 0 aliphatic carbocycles. The first-order chi connectivity index (χ1) is 9.91. The van der Waals surface area contributed by atoms with E-state index in [0.29, 0.717) is 5.56 Å². The van der Waals surface area contributed by atoms with E-state index < -0.39 is 0 Å². The molecule has 3 nitrogen and oxygen atoms in total. The lowest BCUT2D eigenvalue weighted by molar-refractivity contribution is 0.0748. The number of amides is 1. The number of aliphatic hydroxyl groups excluding tert-OH is 1. The standard InChI is InChI=1S/C17H21NO2S/c1-13-9-14(5-4-7-19)11-15(10-13)16(20)18-6-8-21-17(2,3)12-18/h9-11,19H,6-8,12H2,1-3H3. The molecule has 1 aliphatic rings. The fourth-order valence-corrected chi connectivity index (χ4v) is 3.60. The van der Waals surface area contributed by atoms with Crippen molar-refractivity contribution in [1.29, 1.82) is 0 Å². The van der Waals surface area contributed by atoms with Crippen molar-refractivity contribution in [2.24, 2.45) is 0 Å². The molecule has 21 heavy (non-hydrogen) atoms. The summed E-state index contributed by atoms with van der Waals surface area (Å²) >= 11 is 1.91. The molecule has 0 spiro atoms. The Morgan fingerprint density at radius 1 is 1.43 bits per heavy atom. The zero-order valence-corrected chi connectivity index (χ0v) is 13.6. The Morgan fingerprint density at radius 2 is 2.19 bits per heavy atom. The van der Waals surface area contributed by atoms with E-state index in [1.165, 1.54) is 0 Å². The summed E-state index contributed by atoms with van der Waals surface area (Å²) in [6.07, 6.45) is 0. The molecular weight excluding hydrogens is 282 g/mol. The van der Waals surface area contributed by atoms with E-state index in [0.717, 1.165) is 30.0 Å². The van der Waals surface area contributed by atoms with Gasteiger partial charge in [-0.25, -0.2) is 0 Å². The maximum absolute atomic E-state index is 12.7. The average molecular weight is 303 g/mol. The molecule has 0 radical (unpaired) electrons. The minimum absolute atomic E-state index is 0.0686. The number of nitrogens with zero attached hydrogens (tertiary/aromatic N) is 1.